The summed E-state index contributed by atoms with van der Waals surface area (Å²) in [4.78, 5) is 6.72. The molecular formula is C17H26BrIN4O2. The molecule has 2 heterocycles. The fourth-order valence-corrected chi connectivity index (χ4v) is 3.59. The van der Waals surface area contributed by atoms with E-state index in [-0.39, 0.29) is 30.1 Å². The van der Waals surface area contributed by atoms with Crippen molar-refractivity contribution in [3.8, 4) is 0 Å². The van der Waals surface area contributed by atoms with E-state index in [9.17, 15) is 0 Å². The lowest BCUT2D eigenvalue weighted by atomic mass is 10.2. The minimum absolute atomic E-state index is 0. The van der Waals surface area contributed by atoms with Crippen LogP contribution in [0.2, 0.25) is 0 Å². The lowest BCUT2D eigenvalue weighted by molar-refractivity contribution is -0.0850. The van der Waals surface area contributed by atoms with E-state index >= 15 is 0 Å². The van der Waals surface area contributed by atoms with Crippen molar-refractivity contribution in [1.82, 2.24) is 10.6 Å². The Morgan fingerprint density at radius 3 is 2.92 bits per heavy atom. The molecule has 0 spiro atoms. The molecule has 0 amide bonds. The quantitative estimate of drug-likeness (QED) is 0.359. The van der Waals surface area contributed by atoms with E-state index in [0.29, 0.717) is 32.4 Å². The monoisotopic (exact) mass is 524 g/mol. The maximum absolute atomic E-state index is 5.65. The number of nitrogens with zero attached hydrogens (tertiary/aromatic N) is 2. The topological polar surface area (TPSA) is 58.1 Å². The second-order valence-corrected chi connectivity index (χ2v) is 6.90. The Bertz CT molecular complexity index is 569. The molecule has 2 aliphatic rings. The Labute approximate surface area is 174 Å². The predicted molar refractivity (Wildman–Crippen MR) is 115 cm³/mol. The highest BCUT2D eigenvalue weighted by atomic mass is 127. The number of nitrogens with one attached hydrogen (secondary N) is 2. The van der Waals surface area contributed by atoms with Crippen molar-refractivity contribution in [3.63, 3.8) is 0 Å². The molecule has 3 rings (SSSR count). The molecule has 2 saturated heterocycles. The first-order valence-electron chi connectivity index (χ1n) is 8.42. The molecule has 0 saturated carbocycles. The van der Waals surface area contributed by atoms with Crippen LogP contribution in [0.25, 0.3) is 0 Å². The second kappa shape index (κ2) is 10.5. The van der Waals surface area contributed by atoms with Crippen molar-refractivity contribution >= 4 is 51.6 Å². The summed E-state index contributed by atoms with van der Waals surface area (Å²) in [5.74, 6) is 0.822. The van der Waals surface area contributed by atoms with E-state index in [2.05, 4.69) is 54.7 Å². The van der Waals surface area contributed by atoms with Crippen LogP contribution in [-0.4, -0.2) is 64.6 Å². The molecule has 1 aromatic carbocycles. The number of anilines is 1. The maximum Gasteiger partial charge on any atom is 0.191 e. The average molecular weight is 525 g/mol. The lowest BCUT2D eigenvalue weighted by Crippen LogP contribution is -2.48. The van der Waals surface area contributed by atoms with Crippen LogP contribution in [0.15, 0.2) is 33.7 Å². The molecule has 2 atom stereocenters. The van der Waals surface area contributed by atoms with Gasteiger partial charge in [-0.3, -0.25) is 4.99 Å². The first-order valence-corrected chi connectivity index (χ1v) is 9.21. The molecule has 2 fully saturated rings. The molecule has 0 aromatic heterocycles. The first-order chi connectivity index (χ1) is 11.8. The second-order valence-electron chi connectivity index (χ2n) is 6.05. The third-order valence-corrected chi connectivity index (χ3v) is 5.00. The minimum atomic E-state index is 0. The fraction of sp³-hybridized carbons (Fsp3) is 0.588. The molecule has 0 aliphatic carbocycles. The molecule has 2 unspecified atom stereocenters. The van der Waals surface area contributed by atoms with Crippen molar-refractivity contribution in [3.05, 3.63) is 28.7 Å². The summed E-state index contributed by atoms with van der Waals surface area (Å²) in [6, 6.07) is 8.74. The van der Waals surface area contributed by atoms with Crippen molar-refractivity contribution in [2.75, 3.05) is 51.4 Å². The van der Waals surface area contributed by atoms with Gasteiger partial charge < -0.3 is 25.0 Å². The Kier molecular flexibility index (Phi) is 8.74. The lowest BCUT2D eigenvalue weighted by Gasteiger charge is -2.25. The molecule has 0 bridgehead atoms. The van der Waals surface area contributed by atoms with Gasteiger partial charge in [-0.2, -0.15) is 0 Å². The van der Waals surface area contributed by atoms with Crippen LogP contribution in [0.5, 0.6) is 0 Å². The average Bonchev–Trinajstić information content (AvgIpc) is 3.08. The van der Waals surface area contributed by atoms with Crippen LogP contribution in [0.4, 0.5) is 5.69 Å². The summed E-state index contributed by atoms with van der Waals surface area (Å²) in [7, 11) is 1.80. The van der Waals surface area contributed by atoms with Gasteiger partial charge in [0, 0.05) is 37.2 Å². The van der Waals surface area contributed by atoms with E-state index in [1.807, 2.05) is 6.07 Å². The largest absolute Gasteiger partial charge is 0.376 e. The smallest absolute Gasteiger partial charge is 0.191 e. The number of ether oxygens (including phenoxy) is 2. The number of rotatable bonds is 4. The SMILES string of the molecule is CN=C(NCC1COCCO1)NC1CCN(c2ccccc2Br)C1.I. The molecule has 2 N–H and O–H groups in total. The summed E-state index contributed by atoms with van der Waals surface area (Å²) in [5, 5.41) is 6.85. The predicted octanol–water partition coefficient (Wildman–Crippen LogP) is 2.23. The summed E-state index contributed by atoms with van der Waals surface area (Å²) in [5.41, 5.74) is 1.25. The Hall–Kier alpha value is -0.580. The summed E-state index contributed by atoms with van der Waals surface area (Å²) >= 11 is 3.64. The standard InChI is InChI=1S/C17H25BrN4O2.HI/c1-19-17(20-10-14-12-23-8-9-24-14)21-13-6-7-22(11-13)16-5-3-2-4-15(16)18;/h2-5,13-14H,6-12H2,1H3,(H2,19,20,21);1H. The van der Waals surface area contributed by atoms with Crippen molar-refractivity contribution in [2.45, 2.75) is 18.6 Å². The van der Waals surface area contributed by atoms with Gasteiger partial charge in [-0.05, 0) is 34.5 Å². The fourth-order valence-electron chi connectivity index (χ4n) is 3.06. The highest BCUT2D eigenvalue weighted by Crippen LogP contribution is 2.28. The molecular weight excluding hydrogens is 499 g/mol. The zero-order valence-electron chi connectivity index (χ0n) is 14.4. The molecule has 0 radical (unpaired) electrons. The normalized spacial score (nSPS) is 23.9. The van der Waals surface area contributed by atoms with E-state index < -0.39 is 0 Å². The van der Waals surface area contributed by atoms with Gasteiger partial charge in [0.2, 0.25) is 0 Å². The van der Waals surface area contributed by atoms with Gasteiger partial charge in [0.15, 0.2) is 5.96 Å². The van der Waals surface area contributed by atoms with E-state index in [1.54, 1.807) is 7.05 Å². The molecule has 2 aliphatic heterocycles. The third-order valence-electron chi connectivity index (χ3n) is 4.33. The van der Waals surface area contributed by atoms with Gasteiger partial charge in [0.25, 0.3) is 0 Å². The number of benzene rings is 1. The van der Waals surface area contributed by atoms with Crippen molar-refractivity contribution < 1.29 is 9.47 Å². The Morgan fingerprint density at radius 1 is 1.36 bits per heavy atom. The summed E-state index contributed by atoms with van der Waals surface area (Å²) < 4.78 is 12.2. The number of para-hydroxylation sites is 1. The highest BCUT2D eigenvalue weighted by Gasteiger charge is 2.24. The van der Waals surface area contributed by atoms with E-state index in [1.165, 1.54) is 5.69 Å². The number of hydrogen-bond donors (Lipinski definition) is 2. The van der Waals surface area contributed by atoms with Crippen LogP contribution < -0.4 is 15.5 Å². The van der Waals surface area contributed by atoms with Crippen LogP contribution in [0.3, 0.4) is 0 Å². The molecule has 25 heavy (non-hydrogen) atoms. The van der Waals surface area contributed by atoms with Crippen LogP contribution >= 0.6 is 39.9 Å². The molecule has 1 aromatic rings. The Morgan fingerprint density at radius 2 is 2.20 bits per heavy atom. The van der Waals surface area contributed by atoms with Crippen LogP contribution in [-0.2, 0) is 9.47 Å². The maximum atomic E-state index is 5.65. The Balaban J connectivity index is 0.00000225. The van der Waals surface area contributed by atoms with Gasteiger partial charge in [0.05, 0.1) is 31.6 Å². The first kappa shape index (κ1) is 20.7. The van der Waals surface area contributed by atoms with Crippen molar-refractivity contribution in [1.29, 1.82) is 0 Å². The van der Waals surface area contributed by atoms with Crippen LogP contribution in [0.1, 0.15) is 6.42 Å². The number of aliphatic imine (C=N–C) groups is 1. The van der Waals surface area contributed by atoms with Crippen LogP contribution in [0, 0.1) is 0 Å². The molecule has 140 valence electrons. The molecule has 8 heteroatoms. The van der Waals surface area contributed by atoms with Gasteiger partial charge >= 0.3 is 0 Å². The number of hydrogen-bond acceptors (Lipinski definition) is 4. The van der Waals surface area contributed by atoms with Gasteiger partial charge in [-0.1, -0.05) is 12.1 Å². The van der Waals surface area contributed by atoms with E-state index in [0.717, 1.165) is 29.9 Å². The van der Waals surface area contributed by atoms with E-state index in [4.69, 9.17) is 9.47 Å². The van der Waals surface area contributed by atoms with Gasteiger partial charge in [0.1, 0.15) is 0 Å². The third kappa shape index (κ3) is 5.97. The molecule has 6 nitrogen and oxygen atoms in total. The van der Waals surface area contributed by atoms with Gasteiger partial charge in [-0.25, -0.2) is 0 Å². The number of halogens is 2. The zero-order chi connectivity index (χ0) is 16.8. The summed E-state index contributed by atoms with van der Waals surface area (Å²) in [6.45, 7) is 4.71. The van der Waals surface area contributed by atoms with Gasteiger partial charge in [-0.15, -0.1) is 24.0 Å². The summed E-state index contributed by atoms with van der Waals surface area (Å²) in [6.07, 6.45) is 1.18. The zero-order valence-corrected chi connectivity index (χ0v) is 18.3. The number of guanidine groups is 1. The minimum Gasteiger partial charge on any atom is -0.376 e. The van der Waals surface area contributed by atoms with Crippen molar-refractivity contribution in [2.24, 2.45) is 4.99 Å². The highest BCUT2D eigenvalue weighted by molar-refractivity contribution is 14.0.